The van der Waals surface area contributed by atoms with Crippen LogP contribution in [0.15, 0.2) is 24.3 Å². The number of ether oxygens (including phenoxy) is 1. The number of aryl methyl sites for hydroxylation is 1. The van der Waals surface area contributed by atoms with Gasteiger partial charge in [0.15, 0.2) is 0 Å². The van der Waals surface area contributed by atoms with Gasteiger partial charge in [0, 0.05) is 18.5 Å². The van der Waals surface area contributed by atoms with E-state index < -0.39 is 11.7 Å². The second kappa shape index (κ2) is 6.84. The van der Waals surface area contributed by atoms with Crippen LogP contribution in [0.4, 0.5) is 4.79 Å². The molecule has 1 amide bonds. The van der Waals surface area contributed by atoms with Crippen molar-refractivity contribution in [2.45, 2.75) is 39.7 Å². The van der Waals surface area contributed by atoms with Crippen molar-refractivity contribution in [3.05, 3.63) is 35.4 Å². The highest BCUT2D eigenvalue weighted by atomic mass is 16.6. The summed E-state index contributed by atoms with van der Waals surface area (Å²) in [5, 5.41) is 2.67. The van der Waals surface area contributed by atoms with Gasteiger partial charge in [0.2, 0.25) is 0 Å². The zero-order valence-corrected chi connectivity index (χ0v) is 12.0. The maximum absolute atomic E-state index is 11.3. The predicted octanol–water partition coefficient (Wildman–Crippen LogP) is 3.26. The predicted molar refractivity (Wildman–Crippen MR) is 76.9 cm³/mol. The summed E-state index contributed by atoms with van der Waals surface area (Å²) < 4.78 is 5.12. The van der Waals surface area contributed by atoms with Gasteiger partial charge in [0.1, 0.15) is 5.60 Å². The molecule has 0 aliphatic heterocycles. The van der Waals surface area contributed by atoms with Crippen molar-refractivity contribution in [1.29, 1.82) is 0 Å². The number of alkyl carbamates (subject to hydrolysis) is 1. The lowest BCUT2D eigenvalue weighted by Gasteiger charge is -2.19. The van der Waals surface area contributed by atoms with E-state index in [-0.39, 0.29) is 0 Å². The minimum absolute atomic E-state index is 0.398. The molecule has 0 fully saturated rings. The molecule has 3 heteroatoms. The molecule has 0 heterocycles. The van der Waals surface area contributed by atoms with Crippen molar-refractivity contribution in [1.82, 2.24) is 5.32 Å². The number of nitrogens with one attached hydrogen (secondary N) is 1. The minimum Gasteiger partial charge on any atom is -0.444 e. The summed E-state index contributed by atoms with van der Waals surface area (Å²) in [6.45, 7) is 8.05. The zero-order valence-electron chi connectivity index (χ0n) is 12.0. The zero-order chi connectivity index (χ0) is 14.3. The van der Waals surface area contributed by atoms with Gasteiger partial charge in [-0.2, -0.15) is 0 Å². The number of benzene rings is 1. The maximum atomic E-state index is 11.3. The van der Waals surface area contributed by atoms with E-state index in [2.05, 4.69) is 17.2 Å². The summed E-state index contributed by atoms with van der Waals surface area (Å²) in [6.07, 6.45) is 0.206. The number of hydrogen-bond acceptors (Lipinski definition) is 2. The van der Waals surface area contributed by atoms with Gasteiger partial charge in [-0.1, -0.05) is 29.5 Å². The molecule has 102 valence electrons. The molecule has 0 saturated carbocycles. The first-order valence-corrected chi connectivity index (χ1v) is 6.39. The highest BCUT2D eigenvalue weighted by Gasteiger charge is 2.15. The molecular formula is C16H21NO2. The van der Waals surface area contributed by atoms with Gasteiger partial charge in [-0.15, -0.1) is 0 Å². The van der Waals surface area contributed by atoms with E-state index in [4.69, 9.17) is 4.74 Å². The average Bonchev–Trinajstić information content (AvgIpc) is 2.29. The van der Waals surface area contributed by atoms with Crippen LogP contribution in [0.2, 0.25) is 0 Å². The lowest BCUT2D eigenvalue weighted by atomic mass is 10.1. The molecule has 0 aromatic heterocycles. The van der Waals surface area contributed by atoms with Crippen molar-refractivity contribution in [2.24, 2.45) is 0 Å². The van der Waals surface area contributed by atoms with Gasteiger partial charge >= 0.3 is 6.09 Å². The van der Waals surface area contributed by atoms with E-state index in [9.17, 15) is 4.79 Å². The summed E-state index contributed by atoms with van der Waals surface area (Å²) in [5.41, 5.74) is 1.75. The van der Waals surface area contributed by atoms with Gasteiger partial charge in [-0.25, -0.2) is 4.79 Å². The largest absolute Gasteiger partial charge is 0.444 e. The highest BCUT2D eigenvalue weighted by Crippen LogP contribution is 2.06. The molecule has 1 aromatic rings. The van der Waals surface area contributed by atoms with Gasteiger partial charge in [0.05, 0.1) is 0 Å². The van der Waals surface area contributed by atoms with Gasteiger partial charge in [-0.3, -0.25) is 0 Å². The fourth-order valence-corrected chi connectivity index (χ4v) is 1.34. The first-order chi connectivity index (χ1) is 8.87. The van der Waals surface area contributed by atoms with E-state index >= 15 is 0 Å². The van der Waals surface area contributed by atoms with Crippen LogP contribution < -0.4 is 5.32 Å². The minimum atomic E-state index is -0.461. The Morgan fingerprint density at radius 3 is 2.47 bits per heavy atom. The van der Waals surface area contributed by atoms with Crippen LogP contribution >= 0.6 is 0 Å². The second-order valence-corrected chi connectivity index (χ2v) is 5.35. The molecular weight excluding hydrogens is 238 g/mol. The van der Waals surface area contributed by atoms with Gasteiger partial charge in [-0.05, 0) is 39.8 Å². The lowest BCUT2D eigenvalue weighted by Crippen LogP contribution is -2.32. The Morgan fingerprint density at radius 1 is 1.26 bits per heavy atom. The Bertz CT molecular complexity index is 472. The molecule has 0 aliphatic rings. The summed E-state index contributed by atoms with van der Waals surface area (Å²) in [4.78, 5) is 11.3. The Hall–Kier alpha value is -1.95. The smallest absolute Gasteiger partial charge is 0.407 e. The van der Waals surface area contributed by atoms with E-state index in [1.165, 1.54) is 5.56 Å². The average molecular weight is 259 g/mol. The Balaban J connectivity index is 2.28. The van der Waals surface area contributed by atoms with Crippen LogP contribution in [0.5, 0.6) is 0 Å². The fraction of sp³-hybridized carbons (Fsp3) is 0.438. The van der Waals surface area contributed by atoms with Crippen molar-refractivity contribution < 1.29 is 9.53 Å². The molecule has 3 nitrogen and oxygen atoms in total. The molecule has 0 radical (unpaired) electrons. The molecule has 19 heavy (non-hydrogen) atoms. The van der Waals surface area contributed by atoms with Crippen molar-refractivity contribution in [2.75, 3.05) is 6.54 Å². The third-order valence-corrected chi connectivity index (χ3v) is 2.20. The molecule has 0 unspecified atom stereocenters. The standard InChI is InChI=1S/C16H21NO2/c1-13-8-10-14(11-9-13)7-5-6-12-17-15(18)19-16(2,3)4/h8-11H,6,12H2,1-4H3,(H,17,18). The molecule has 1 aromatic carbocycles. The second-order valence-electron chi connectivity index (χ2n) is 5.35. The molecule has 1 rings (SSSR count). The van der Waals surface area contributed by atoms with E-state index in [1.807, 2.05) is 52.0 Å². The van der Waals surface area contributed by atoms with Crippen molar-refractivity contribution in [3.63, 3.8) is 0 Å². The summed E-state index contributed by atoms with van der Waals surface area (Å²) in [6, 6.07) is 8.04. The SMILES string of the molecule is Cc1ccc(C#CCCNC(=O)OC(C)(C)C)cc1. The molecule has 1 N–H and O–H groups in total. The third-order valence-electron chi connectivity index (χ3n) is 2.20. The van der Waals surface area contributed by atoms with Crippen LogP contribution in [0.1, 0.15) is 38.3 Å². The number of hydrogen-bond donors (Lipinski definition) is 1. The summed E-state index contributed by atoms with van der Waals surface area (Å²) in [7, 11) is 0. The highest BCUT2D eigenvalue weighted by molar-refractivity contribution is 5.67. The Labute approximate surface area is 115 Å². The number of rotatable bonds is 2. The normalized spacial score (nSPS) is 10.3. The Kier molecular flexibility index (Phi) is 5.44. The van der Waals surface area contributed by atoms with Crippen LogP contribution in [0, 0.1) is 18.8 Å². The van der Waals surface area contributed by atoms with Gasteiger partial charge < -0.3 is 10.1 Å². The molecule has 0 spiro atoms. The first-order valence-electron chi connectivity index (χ1n) is 6.39. The van der Waals surface area contributed by atoms with Crippen LogP contribution in [0.3, 0.4) is 0 Å². The summed E-state index contributed by atoms with van der Waals surface area (Å²) in [5.74, 6) is 6.07. The monoisotopic (exact) mass is 259 g/mol. The summed E-state index contributed by atoms with van der Waals surface area (Å²) >= 11 is 0. The van der Waals surface area contributed by atoms with Crippen LogP contribution in [-0.4, -0.2) is 18.2 Å². The third kappa shape index (κ3) is 7.15. The maximum Gasteiger partial charge on any atom is 0.407 e. The molecule has 0 bridgehead atoms. The topological polar surface area (TPSA) is 38.3 Å². The molecule has 0 atom stereocenters. The van der Waals surface area contributed by atoms with Crippen molar-refractivity contribution >= 4 is 6.09 Å². The molecule has 0 aliphatic carbocycles. The van der Waals surface area contributed by atoms with E-state index in [0.717, 1.165) is 5.56 Å². The number of carbonyl (C=O) groups excluding carboxylic acids is 1. The first kappa shape index (κ1) is 15.1. The fourth-order valence-electron chi connectivity index (χ4n) is 1.34. The lowest BCUT2D eigenvalue weighted by molar-refractivity contribution is 0.0529. The molecule has 0 saturated heterocycles. The quantitative estimate of drug-likeness (QED) is 0.654. The Morgan fingerprint density at radius 2 is 1.89 bits per heavy atom. The van der Waals surface area contributed by atoms with Gasteiger partial charge in [0.25, 0.3) is 0 Å². The number of carbonyl (C=O) groups is 1. The van der Waals surface area contributed by atoms with Crippen LogP contribution in [-0.2, 0) is 4.74 Å². The number of amides is 1. The van der Waals surface area contributed by atoms with Crippen molar-refractivity contribution in [3.8, 4) is 11.8 Å². The van der Waals surface area contributed by atoms with E-state index in [1.54, 1.807) is 0 Å². The van der Waals surface area contributed by atoms with Crippen LogP contribution in [0.25, 0.3) is 0 Å². The van der Waals surface area contributed by atoms with E-state index in [0.29, 0.717) is 13.0 Å².